The highest BCUT2D eigenvalue weighted by Gasteiger charge is 2.29. The lowest BCUT2D eigenvalue weighted by molar-refractivity contribution is -0.117. The van der Waals surface area contributed by atoms with Crippen LogP contribution in [0, 0.1) is 5.92 Å². The molecular weight excluding hydrogens is 242 g/mol. The maximum Gasteiger partial charge on any atom is 0.228 e. The Morgan fingerprint density at radius 3 is 2.68 bits per heavy atom. The normalized spacial score (nSPS) is 20.4. The van der Waals surface area contributed by atoms with Crippen LogP contribution < -0.4 is 10.2 Å². The van der Waals surface area contributed by atoms with Gasteiger partial charge in [-0.2, -0.15) is 0 Å². The molecule has 0 bridgehead atoms. The molecular formula is C13H19N5O. The number of nitrogens with one attached hydrogen (secondary N) is 1. The van der Waals surface area contributed by atoms with Crippen LogP contribution in [0.4, 0.5) is 11.6 Å². The van der Waals surface area contributed by atoms with Crippen LogP contribution in [0.2, 0.25) is 0 Å². The first-order valence-corrected chi connectivity index (χ1v) is 6.79. The number of amides is 1. The summed E-state index contributed by atoms with van der Waals surface area (Å²) in [6.07, 6.45) is 3.53. The van der Waals surface area contributed by atoms with E-state index in [0.29, 0.717) is 5.82 Å². The Morgan fingerprint density at radius 1 is 1.26 bits per heavy atom. The van der Waals surface area contributed by atoms with E-state index >= 15 is 0 Å². The Morgan fingerprint density at radius 2 is 2.00 bits per heavy atom. The average Bonchev–Trinajstić information content (AvgIpc) is 3.24. The SMILES string of the molecule is CN1CCN(c2cc(NC(=O)C3CC3)ncn2)CC1. The number of carbonyl (C=O) groups excluding carboxylic acids is 1. The Hall–Kier alpha value is -1.69. The Bertz CT molecular complexity index is 466. The zero-order chi connectivity index (χ0) is 13.2. The zero-order valence-corrected chi connectivity index (χ0v) is 11.2. The zero-order valence-electron chi connectivity index (χ0n) is 11.2. The molecule has 3 rings (SSSR count). The smallest absolute Gasteiger partial charge is 0.228 e. The number of likely N-dealkylation sites (N-methyl/N-ethyl adjacent to an activating group) is 1. The first-order chi connectivity index (χ1) is 9.22. The van der Waals surface area contributed by atoms with E-state index < -0.39 is 0 Å². The van der Waals surface area contributed by atoms with Gasteiger partial charge in [0.05, 0.1) is 0 Å². The predicted octanol–water partition coefficient (Wildman–Crippen LogP) is 0.577. The topological polar surface area (TPSA) is 61.4 Å². The minimum Gasteiger partial charge on any atom is -0.354 e. The Kier molecular flexibility index (Phi) is 3.33. The van der Waals surface area contributed by atoms with E-state index in [1.165, 1.54) is 6.33 Å². The van der Waals surface area contributed by atoms with Gasteiger partial charge in [0.2, 0.25) is 5.91 Å². The summed E-state index contributed by atoms with van der Waals surface area (Å²) in [5, 5.41) is 2.86. The molecule has 0 radical (unpaired) electrons. The van der Waals surface area contributed by atoms with E-state index in [1.54, 1.807) is 0 Å². The number of hydrogen-bond acceptors (Lipinski definition) is 5. The third kappa shape index (κ3) is 3.01. The van der Waals surface area contributed by atoms with Crippen LogP contribution in [-0.2, 0) is 4.79 Å². The standard InChI is InChI=1S/C13H19N5O/c1-17-4-6-18(7-5-17)12-8-11(14-9-15-12)16-13(19)10-2-3-10/h8-10H,2-7H2,1H3,(H,14,15,16,19). The first kappa shape index (κ1) is 12.3. The van der Waals surface area contributed by atoms with Crippen LogP contribution in [-0.4, -0.2) is 54.0 Å². The van der Waals surface area contributed by atoms with Gasteiger partial charge in [-0.1, -0.05) is 0 Å². The van der Waals surface area contributed by atoms with Gasteiger partial charge >= 0.3 is 0 Å². The van der Waals surface area contributed by atoms with Crippen LogP contribution in [0.5, 0.6) is 0 Å². The number of hydrogen-bond donors (Lipinski definition) is 1. The monoisotopic (exact) mass is 261 g/mol. The van der Waals surface area contributed by atoms with Gasteiger partial charge in [0, 0.05) is 38.2 Å². The van der Waals surface area contributed by atoms with Crippen molar-refractivity contribution in [1.29, 1.82) is 0 Å². The molecule has 2 aliphatic rings. The largest absolute Gasteiger partial charge is 0.354 e. The molecule has 1 amide bonds. The van der Waals surface area contributed by atoms with Crippen molar-refractivity contribution in [2.45, 2.75) is 12.8 Å². The van der Waals surface area contributed by atoms with E-state index in [9.17, 15) is 4.79 Å². The van der Waals surface area contributed by atoms with Gasteiger partial charge in [-0.15, -0.1) is 0 Å². The van der Waals surface area contributed by atoms with Crippen LogP contribution in [0.3, 0.4) is 0 Å². The van der Waals surface area contributed by atoms with Gasteiger partial charge in [-0.25, -0.2) is 9.97 Å². The number of anilines is 2. The second kappa shape index (κ2) is 5.13. The Labute approximate surface area is 112 Å². The number of carbonyl (C=O) groups is 1. The van der Waals surface area contributed by atoms with Crippen LogP contribution in [0.25, 0.3) is 0 Å². The summed E-state index contributed by atoms with van der Waals surface area (Å²) >= 11 is 0. The van der Waals surface area contributed by atoms with Crippen molar-refractivity contribution in [1.82, 2.24) is 14.9 Å². The van der Waals surface area contributed by atoms with Crippen molar-refractivity contribution in [3.63, 3.8) is 0 Å². The third-order valence-electron chi connectivity index (χ3n) is 3.68. The summed E-state index contributed by atoms with van der Waals surface area (Å²) in [4.78, 5) is 24.7. The summed E-state index contributed by atoms with van der Waals surface area (Å²) in [7, 11) is 2.12. The van der Waals surface area contributed by atoms with E-state index in [2.05, 4.69) is 32.1 Å². The van der Waals surface area contributed by atoms with Crippen molar-refractivity contribution in [3.05, 3.63) is 12.4 Å². The highest BCUT2D eigenvalue weighted by molar-refractivity contribution is 5.93. The molecule has 19 heavy (non-hydrogen) atoms. The molecule has 1 aromatic heterocycles. The molecule has 0 aromatic carbocycles. The first-order valence-electron chi connectivity index (χ1n) is 6.79. The molecule has 1 saturated heterocycles. The molecule has 0 unspecified atom stereocenters. The highest BCUT2D eigenvalue weighted by Crippen LogP contribution is 2.30. The Balaban J connectivity index is 1.66. The minimum atomic E-state index is 0.0861. The fourth-order valence-corrected chi connectivity index (χ4v) is 2.20. The van der Waals surface area contributed by atoms with Gasteiger partial charge in [-0.05, 0) is 19.9 Å². The summed E-state index contributed by atoms with van der Waals surface area (Å²) < 4.78 is 0. The van der Waals surface area contributed by atoms with Gasteiger partial charge in [0.25, 0.3) is 0 Å². The number of piperazine rings is 1. The second-order valence-corrected chi connectivity index (χ2v) is 5.32. The van der Waals surface area contributed by atoms with Gasteiger partial charge in [0.15, 0.2) is 0 Å². The van der Waals surface area contributed by atoms with Gasteiger partial charge in [0.1, 0.15) is 18.0 Å². The second-order valence-electron chi connectivity index (χ2n) is 5.32. The fourth-order valence-electron chi connectivity index (χ4n) is 2.20. The fraction of sp³-hybridized carbons (Fsp3) is 0.615. The molecule has 6 heteroatoms. The van der Waals surface area contributed by atoms with E-state index in [4.69, 9.17) is 0 Å². The molecule has 102 valence electrons. The quantitative estimate of drug-likeness (QED) is 0.862. The maximum absolute atomic E-state index is 11.7. The van der Waals surface area contributed by atoms with Gasteiger partial charge in [-0.3, -0.25) is 4.79 Å². The molecule has 0 spiro atoms. The summed E-state index contributed by atoms with van der Waals surface area (Å²) in [5.41, 5.74) is 0. The van der Waals surface area contributed by atoms with E-state index in [-0.39, 0.29) is 11.8 Å². The molecule has 0 atom stereocenters. The molecule has 2 heterocycles. The van der Waals surface area contributed by atoms with Crippen LogP contribution in [0.15, 0.2) is 12.4 Å². The van der Waals surface area contributed by atoms with Crippen LogP contribution in [0.1, 0.15) is 12.8 Å². The van der Waals surface area contributed by atoms with E-state index in [0.717, 1.165) is 44.8 Å². The lowest BCUT2D eigenvalue weighted by Gasteiger charge is -2.33. The number of nitrogens with zero attached hydrogens (tertiary/aromatic N) is 4. The summed E-state index contributed by atoms with van der Waals surface area (Å²) in [5.74, 6) is 1.79. The van der Waals surface area contributed by atoms with Crippen molar-refractivity contribution in [3.8, 4) is 0 Å². The molecule has 1 aliphatic heterocycles. The van der Waals surface area contributed by atoms with Crippen molar-refractivity contribution in [2.24, 2.45) is 5.92 Å². The number of rotatable bonds is 3. The molecule has 1 aromatic rings. The summed E-state index contributed by atoms with van der Waals surface area (Å²) in [6.45, 7) is 3.99. The lowest BCUT2D eigenvalue weighted by Crippen LogP contribution is -2.44. The minimum absolute atomic E-state index is 0.0861. The molecule has 1 N–H and O–H groups in total. The molecule has 6 nitrogen and oxygen atoms in total. The third-order valence-corrected chi connectivity index (χ3v) is 3.68. The van der Waals surface area contributed by atoms with Crippen molar-refractivity contribution < 1.29 is 4.79 Å². The van der Waals surface area contributed by atoms with Crippen molar-refractivity contribution >= 4 is 17.5 Å². The lowest BCUT2D eigenvalue weighted by atomic mass is 10.3. The highest BCUT2D eigenvalue weighted by atomic mass is 16.2. The summed E-state index contributed by atoms with van der Waals surface area (Å²) in [6, 6.07) is 1.87. The van der Waals surface area contributed by atoms with Gasteiger partial charge < -0.3 is 15.1 Å². The van der Waals surface area contributed by atoms with Crippen molar-refractivity contribution in [2.75, 3.05) is 43.4 Å². The predicted molar refractivity (Wildman–Crippen MR) is 73.1 cm³/mol. The van der Waals surface area contributed by atoms with E-state index in [1.807, 2.05) is 6.07 Å². The van der Waals surface area contributed by atoms with Crippen LogP contribution >= 0.6 is 0 Å². The molecule has 1 saturated carbocycles. The molecule has 1 aliphatic carbocycles. The number of aromatic nitrogens is 2. The average molecular weight is 261 g/mol. The molecule has 2 fully saturated rings. The maximum atomic E-state index is 11.7.